The summed E-state index contributed by atoms with van der Waals surface area (Å²) in [6, 6.07) is 21.1. The first kappa shape index (κ1) is 43.5. The van der Waals surface area contributed by atoms with Crippen molar-refractivity contribution in [3.8, 4) is 22.4 Å². The van der Waals surface area contributed by atoms with Crippen LogP contribution >= 0.6 is 0 Å². The molecule has 287 valence electrons. The normalized spacial score (nSPS) is 12.6. The molecule has 0 aliphatic carbocycles. The second-order valence-corrected chi connectivity index (χ2v) is 15.1. The third-order valence-electron chi connectivity index (χ3n) is 9.72. The summed E-state index contributed by atoms with van der Waals surface area (Å²) in [4.78, 5) is 16.1. The molecule has 0 aliphatic heterocycles. The van der Waals surface area contributed by atoms with E-state index in [2.05, 4.69) is 54.2 Å². The van der Waals surface area contributed by atoms with Crippen molar-refractivity contribution in [2.75, 3.05) is 0 Å². The van der Waals surface area contributed by atoms with Crippen LogP contribution < -0.4 is 0 Å². The molecule has 1 radical (unpaired) electrons. The molecule has 5 aromatic rings. The van der Waals surface area contributed by atoms with Gasteiger partial charge in [-0.2, -0.15) is 23.4 Å². The van der Waals surface area contributed by atoms with Crippen molar-refractivity contribution in [1.29, 1.82) is 0 Å². The predicted molar refractivity (Wildman–Crippen MR) is 203 cm³/mol. The maximum atomic E-state index is 13.3. The SMILES string of the molecule is CC(C)(C)c1cc(-c2cc(-c3ccc4oc(CC(C)(C)C(F)(F)F)nc4c3)cnn2)[c-]c2ccccc12.CCC(CC)C(=O)/C=C(\O)C(CC)CC.[Ir]. The van der Waals surface area contributed by atoms with Gasteiger partial charge in [0.15, 0.2) is 17.3 Å². The van der Waals surface area contributed by atoms with Crippen LogP contribution in [0.5, 0.6) is 0 Å². The van der Waals surface area contributed by atoms with Crippen LogP contribution in [0.2, 0.25) is 0 Å². The van der Waals surface area contributed by atoms with Crippen molar-refractivity contribution in [2.45, 2.75) is 106 Å². The Morgan fingerprint density at radius 1 is 0.887 bits per heavy atom. The minimum atomic E-state index is -4.36. The van der Waals surface area contributed by atoms with E-state index in [1.807, 2.05) is 58.0 Å². The summed E-state index contributed by atoms with van der Waals surface area (Å²) >= 11 is 0. The fraction of sp³-hybridized carbons (Fsp3) is 0.442. The number of aliphatic hydroxyl groups is 1. The number of oxazole rings is 1. The van der Waals surface area contributed by atoms with E-state index in [9.17, 15) is 23.1 Å². The number of halogens is 3. The number of carbonyl (C=O) groups is 1. The molecular weight excluding hydrogens is 856 g/mol. The van der Waals surface area contributed by atoms with Crippen LogP contribution in [-0.4, -0.2) is 32.2 Å². The molecule has 0 saturated heterocycles. The first-order chi connectivity index (χ1) is 24.4. The Kier molecular flexibility index (Phi) is 14.8. The molecule has 0 aliphatic rings. The first-order valence-corrected chi connectivity index (χ1v) is 18.1. The molecular formula is C43H51F3IrN3O3-. The Morgan fingerprint density at radius 2 is 1.53 bits per heavy atom. The second kappa shape index (κ2) is 18.0. The Balaban J connectivity index is 0.000000403. The summed E-state index contributed by atoms with van der Waals surface area (Å²) in [5.41, 5.74) is 3.27. The molecule has 0 saturated carbocycles. The number of nitrogens with zero attached hydrogens (tertiary/aromatic N) is 3. The average Bonchev–Trinajstić information content (AvgIpc) is 3.49. The Morgan fingerprint density at radius 3 is 2.13 bits per heavy atom. The van der Waals surface area contributed by atoms with Crippen LogP contribution in [0, 0.1) is 23.3 Å². The van der Waals surface area contributed by atoms with E-state index in [0.29, 0.717) is 16.8 Å². The number of benzene rings is 3. The van der Waals surface area contributed by atoms with Crippen molar-refractivity contribution in [2.24, 2.45) is 17.3 Å². The van der Waals surface area contributed by atoms with Crippen LogP contribution in [-0.2, 0) is 36.7 Å². The fourth-order valence-electron chi connectivity index (χ4n) is 6.13. The van der Waals surface area contributed by atoms with E-state index in [4.69, 9.17) is 4.42 Å². The number of fused-ring (bicyclic) bond motifs is 2. The zero-order chi connectivity index (χ0) is 38.4. The van der Waals surface area contributed by atoms with Crippen molar-refractivity contribution >= 4 is 27.7 Å². The van der Waals surface area contributed by atoms with Gasteiger partial charge in [-0.3, -0.25) is 4.79 Å². The number of hydrogen-bond donors (Lipinski definition) is 1. The minimum Gasteiger partial charge on any atom is -0.512 e. The van der Waals surface area contributed by atoms with Crippen molar-refractivity contribution in [3.63, 3.8) is 0 Å². The number of aliphatic hydroxyl groups excluding tert-OH is 1. The molecule has 5 rings (SSSR count). The van der Waals surface area contributed by atoms with Gasteiger partial charge < -0.3 is 9.52 Å². The van der Waals surface area contributed by atoms with Gasteiger partial charge in [-0.05, 0) is 54.4 Å². The quantitative estimate of drug-likeness (QED) is 0.0807. The van der Waals surface area contributed by atoms with Crippen LogP contribution in [0.25, 0.3) is 44.3 Å². The van der Waals surface area contributed by atoms with Gasteiger partial charge in [0.1, 0.15) is 5.52 Å². The molecule has 0 fully saturated rings. The molecule has 10 heteroatoms. The summed E-state index contributed by atoms with van der Waals surface area (Å²) in [6.07, 6.45) is 1.87. The fourth-order valence-corrected chi connectivity index (χ4v) is 6.13. The van der Waals surface area contributed by atoms with Crippen LogP contribution in [0.4, 0.5) is 13.2 Å². The predicted octanol–water partition coefficient (Wildman–Crippen LogP) is 12.2. The molecule has 2 aromatic heterocycles. The van der Waals surface area contributed by atoms with Gasteiger partial charge in [-0.25, -0.2) is 4.98 Å². The second-order valence-electron chi connectivity index (χ2n) is 15.1. The number of alkyl halides is 3. The monoisotopic (exact) mass is 907 g/mol. The minimum absolute atomic E-state index is 0. The molecule has 1 N–H and O–H groups in total. The van der Waals surface area contributed by atoms with E-state index >= 15 is 0 Å². The number of ketones is 1. The van der Waals surface area contributed by atoms with Gasteiger partial charge in [0.05, 0.1) is 17.4 Å². The molecule has 3 aromatic carbocycles. The van der Waals surface area contributed by atoms with Gasteiger partial charge in [0, 0.05) is 50.1 Å². The summed E-state index contributed by atoms with van der Waals surface area (Å²) in [5, 5.41) is 20.5. The molecule has 0 amide bonds. The zero-order valence-electron chi connectivity index (χ0n) is 32.1. The van der Waals surface area contributed by atoms with Crippen LogP contribution in [0.1, 0.15) is 99.5 Å². The van der Waals surface area contributed by atoms with E-state index in [1.165, 1.54) is 11.6 Å². The molecule has 2 heterocycles. The number of aromatic nitrogens is 3. The number of allylic oxidation sites excluding steroid dienone is 2. The smallest absolute Gasteiger partial charge is 0.394 e. The summed E-state index contributed by atoms with van der Waals surface area (Å²) in [7, 11) is 0. The molecule has 6 nitrogen and oxygen atoms in total. The molecule has 0 unspecified atom stereocenters. The maximum Gasteiger partial charge on any atom is 0.394 e. The van der Waals surface area contributed by atoms with Crippen molar-refractivity contribution < 1.29 is 47.6 Å². The number of rotatable bonds is 11. The standard InChI is InChI=1S/C30H27F3N3O.C13H24O2.Ir/c1-28(2,3)23-13-20(12-19-8-6-7-9-22(19)23)24-15-21(17-34-36-24)18-10-11-26-25(14-18)35-27(37-26)16-29(4,5)30(31,32)33;1-5-10(6-2)12(14)9-13(15)11(7-3)8-4;/h6-11,13-15,17H,16H2,1-5H3;9-11,14H,5-8H2,1-4H3;/q-1;;/b;12-9-;. The van der Waals surface area contributed by atoms with Gasteiger partial charge in [0.2, 0.25) is 0 Å². The van der Waals surface area contributed by atoms with Crippen molar-refractivity contribution in [1.82, 2.24) is 15.2 Å². The Labute approximate surface area is 325 Å². The van der Waals surface area contributed by atoms with E-state index < -0.39 is 11.6 Å². The maximum absolute atomic E-state index is 13.3. The molecule has 0 spiro atoms. The molecule has 0 bridgehead atoms. The molecule has 53 heavy (non-hydrogen) atoms. The van der Waals surface area contributed by atoms with Gasteiger partial charge in [0.25, 0.3) is 0 Å². The van der Waals surface area contributed by atoms with Crippen LogP contribution in [0.3, 0.4) is 0 Å². The summed E-state index contributed by atoms with van der Waals surface area (Å²) < 4.78 is 45.6. The number of carbonyl (C=O) groups excluding carboxylic acids is 1. The largest absolute Gasteiger partial charge is 0.512 e. The third-order valence-corrected chi connectivity index (χ3v) is 9.72. The summed E-state index contributed by atoms with van der Waals surface area (Å²) in [6.45, 7) is 16.9. The average molecular weight is 907 g/mol. The summed E-state index contributed by atoms with van der Waals surface area (Å²) in [5.74, 6) is 0.606. The first-order valence-electron chi connectivity index (χ1n) is 18.1. The van der Waals surface area contributed by atoms with E-state index in [0.717, 1.165) is 67.0 Å². The Bertz CT molecular complexity index is 2020. The van der Waals surface area contributed by atoms with E-state index in [1.54, 1.807) is 18.3 Å². The number of hydrogen-bond acceptors (Lipinski definition) is 6. The van der Waals surface area contributed by atoms with Crippen molar-refractivity contribution in [3.05, 3.63) is 90.1 Å². The van der Waals surface area contributed by atoms with Crippen LogP contribution in [0.15, 0.2) is 77.0 Å². The van der Waals surface area contributed by atoms with Gasteiger partial charge in [-0.15, -0.1) is 29.1 Å². The molecule has 0 atom stereocenters. The third kappa shape index (κ3) is 10.6. The Hall–Kier alpha value is -3.88. The van der Waals surface area contributed by atoms with Gasteiger partial charge in [-0.1, -0.05) is 104 Å². The zero-order valence-corrected chi connectivity index (χ0v) is 34.5. The topological polar surface area (TPSA) is 89.1 Å². The van der Waals surface area contributed by atoms with E-state index in [-0.39, 0.29) is 61.2 Å². The van der Waals surface area contributed by atoms with Gasteiger partial charge >= 0.3 is 6.18 Å².